The van der Waals surface area contributed by atoms with Crippen molar-refractivity contribution in [2.45, 2.75) is 46.5 Å². The number of nitrogens with one attached hydrogen (secondary N) is 1. The zero-order chi connectivity index (χ0) is 12.7. The monoisotopic (exact) mass is 299 g/mol. The fourth-order valence-corrected chi connectivity index (χ4v) is 2.03. The van der Waals surface area contributed by atoms with Crippen molar-refractivity contribution < 1.29 is 0 Å². The van der Waals surface area contributed by atoms with Gasteiger partial charge in [-0.25, -0.2) is 9.97 Å². The molecule has 0 aliphatic heterocycles. The quantitative estimate of drug-likeness (QED) is 0.610. The van der Waals surface area contributed by atoms with E-state index >= 15 is 0 Å². The Morgan fingerprint density at radius 1 is 1.29 bits per heavy atom. The molecule has 96 valence electrons. The Morgan fingerprint density at radius 2 is 2.06 bits per heavy atom. The number of aromatic nitrogens is 2. The Bertz CT molecular complexity index is 339. The van der Waals surface area contributed by atoms with Crippen LogP contribution in [0.2, 0.25) is 0 Å². The highest BCUT2D eigenvalue weighted by molar-refractivity contribution is 9.10. The zero-order valence-electron chi connectivity index (χ0n) is 11.0. The first-order valence-corrected chi connectivity index (χ1v) is 7.18. The topological polar surface area (TPSA) is 37.8 Å². The minimum atomic E-state index is 0.801. The third-order valence-electron chi connectivity index (χ3n) is 2.57. The Morgan fingerprint density at radius 3 is 2.71 bits per heavy atom. The lowest BCUT2D eigenvalue weighted by molar-refractivity contribution is 0.544. The largest absolute Gasteiger partial charge is 0.370 e. The number of halogens is 1. The first-order valence-electron chi connectivity index (χ1n) is 6.39. The fourth-order valence-electron chi connectivity index (χ4n) is 1.61. The maximum Gasteiger partial charge on any atom is 0.131 e. The van der Waals surface area contributed by atoms with Crippen molar-refractivity contribution in [1.29, 1.82) is 0 Å². The van der Waals surface area contributed by atoms with Crippen LogP contribution in [0.25, 0.3) is 0 Å². The van der Waals surface area contributed by atoms with Gasteiger partial charge in [-0.3, -0.25) is 0 Å². The lowest BCUT2D eigenvalue weighted by atomic mass is 10.1. The van der Waals surface area contributed by atoms with Gasteiger partial charge >= 0.3 is 0 Å². The molecule has 1 heterocycles. The van der Waals surface area contributed by atoms with Crippen LogP contribution >= 0.6 is 15.9 Å². The molecule has 0 fully saturated rings. The molecule has 0 aliphatic carbocycles. The summed E-state index contributed by atoms with van der Waals surface area (Å²) in [4.78, 5) is 8.72. The average Bonchev–Trinajstić information content (AvgIpc) is 2.27. The highest BCUT2D eigenvalue weighted by atomic mass is 79.9. The predicted octanol–water partition coefficient (Wildman–Crippen LogP) is 4.04. The van der Waals surface area contributed by atoms with Gasteiger partial charge < -0.3 is 5.32 Å². The van der Waals surface area contributed by atoms with Gasteiger partial charge in [0.1, 0.15) is 16.2 Å². The second-order valence-corrected chi connectivity index (χ2v) is 5.47. The molecule has 0 radical (unpaired) electrons. The molecule has 1 aromatic heterocycles. The summed E-state index contributed by atoms with van der Waals surface area (Å²) in [5.41, 5.74) is 0. The van der Waals surface area contributed by atoms with Gasteiger partial charge in [0.2, 0.25) is 0 Å². The summed E-state index contributed by atoms with van der Waals surface area (Å²) in [6.45, 7) is 7.58. The highest BCUT2D eigenvalue weighted by Gasteiger charge is 2.01. The Labute approximate surface area is 113 Å². The Kier molecular flexibility index (Phi) is 6.48. The normalized spacial score (nSPS) is 10.9. The van der Waals surface area contributed by atoms with Gasteiger partial charge in [0.05, 0.1) is 0 Å². The number of aryl methyl sites for hydroxylation is 1. The van der Waals surface area contributed by atoms with E-state index in [-0.39, 0.29) is 0 Å². The molecule has 0 spiro atoms. The number of nitrogens with zero attached hydrogens (tertiary/aromatic N) is 2. The molecule has 0 atom stereocenters. The average molecular weight is 300 g/mol. The van der Waals surface area contributed by atoms with Gasteiger partial charge in [-0.15, -0.1) is 0 Å². The maximum absolute atomic E-state index is 4.43. The molecule has 0 amide bonds. The van der Waals surface area contributed by atoms with Gasteiger partial charge in [-0.2, -0.15) is 0 Å². The molecule has 0 bridgehead atoms. The minimum Gasteiger partial charge on any atom is -0.370 e. The fraction of sp³-hybridized carbons (Fsp3) is 0.692. The van der Waals surface area contributed by atoms with Crippen LogP contribution in [-0.4, -0.2) is 16.5 Å². The SMILES string of the molecule is CCc1nc(Br)cc(NCCCCC(C)C)n1. The van der Waals surface area contributed by atoms with E-state index in [9.17, 15) is 0 Å². The number of unbranched alkanes of at least 4 members (excludes halogenated alkanes) is 1. The highest BCUT2D eigenvalue weighted by Crippen LogP contribution is 2.13. The first-order chi connectivity index (χ1) is 8.11. The molecular formula is C13H22BrN3. The molecule has 1 rings (SSSR count). The van der Waals surface area contributed by atoms with E-state index in [4.69, 9.17) is 0 Å². The van der Waals surface area contributed by atoms with E-state index in [1.54, 1.807) is 0 Å². The maximum atomic E-state index is 4.43. The van der Waals surface area contributed by atoms with Gasteiger partial charge in [-0.1, -0.05) is 33.6 Å². The molecular weight excluding hydrogens is 278 g/mol. The molecule has 0 saturated heterocycles. The van der Waals surface area contributed by atoms with Crippen molar-refractivity contribution in [3.05, 3.63) is 16.5 Å². The summed E-state index contributed by atoms with van der Waals surface area (Å²) >= 11 is 3.40. The van der Waals surface area contributed by atoms with Gasteiger partial charge in [0, 0.05) is 19.0 Å². The second-order valence-electron chi connectivity index (χ2n) is 4.66. The van der Waals surface area contributed by atoms with Gasteiger partial charge in [0.25, 0.3) is 0 Å². The van der Waals surface area contributed by atoms with Crippen molar-refractivity contribution in [2.75, 3.05) is 11.9 Å². The summed E-state index contributed by atoms with van der Waals surface area (Å²) < 4.78 is 0.856. The van der Waals surface area contributed by atoms with E-state index in [0.717, 1.165) is 35.1 Å². The van der Waals surface area contributed by atoms with E-state index in [2.05, 4.69) is 52.0 Å². The van der Waals surface area contributed by atoms with Crippen molar-refractivity contribution >= 4 is 21.7 Å². The molecule has 0 saturated carbocycles. The van der Waals surface area contributed by atoms with Crippen molar-refractivity contribution in [3.8, 4) is 0 Å². The van der Waals surface area contributed by atoms with Crippen molar-refractivity contribution in [2.24, 2.45) is 5.92 Å². The minimum absolute atomic E-state index is 0.801. The van der Waals surface area contributed by atoms with Crippen molar-refractivity contribution in [3.63, 3.8) is 0 Å². The van der Waals surface area contributed by atoms with Crippen molar-refractivity contribution in [1.82, 2.24) is 9.97 Å². The van der Waals surface area contributed by atoms with Crippen LogP contribution in [0, 0.1) is 5.92 Å². The molecule has 3 nitrogen and oxygen atoms in total. The smallest absolute Gasteiger partial charge is 0.131 e. The summed E-state index contributed by atoms with van der Waals surface area (Å²) in [5.74, 6) is 2.60. The number of hydrogen-bond acceptors (Lipinski definition) is 3. The molecule has 4 heteroatoms. The number of rotatable bonds is 7. The van der Waals surface area contributed by atoms with Crippen LogP contribution in [0.1, 0.15) is 45.9 Å². The van der Waals surface area contributed by atoms with Gasteiger partial charge in [-0.05, 0) is 28.3 Å². The molecule has 1 N–H and O–H groups in total. The summed E-state index contributed by atoms with van der Waals surface area (Å²) in [6.07, 6.45) is 4.63. The van der Waals surface area contributed by atoms with E-state index in [1.807, 2.05) is 6.07 Å². The molecule has 0 aliphatic rings. The molecule has 17 heavy (non-hydrogen) atoms. The Hall–Kier alpha value is -0.640. The van der Waals surface area contributed by atoms with Crippen LogP contribution < -0.4 is 5.32 Å². The standard InChI is InChI=1S/C13H22BrN3/c1-4-12-16-11(14)9-13(17-12)15-8-6-5-7-10(2)3/h9-10H,4-8H2,1-3H3,(H,15,16,17). The van der Waals surface area contributed by atoms with Crippen LogP contribution in [0.15, 0.2) is 10.7 Å². The van der Waals surface area contributed by atoms with Crippen LogP contribution in [0.5, 0.6) is 0 Å². The summed E-state index contributed by atoms with van der Waals surface area (Å²) in [6, 6.07) is 1.93. The first kappa shape index (κ1) is 14.4. The molecule has 0 unspecified atom stereocenters. The third-order valence-corrected chi connectivity index (χ3v) is 2.98. The van der Waals surface area contributed by atoms with E-state index in [1.165, 1.54) is 19.3 Å². The van der Waals surface area contributed by atoms with E-state index < -0.39 is 0 Å². The van der Waals surface area contributed by atoms with E-state index in [0.29, 0.717) is 0 Å². The van der Waals surface area contributed by atoms with Crippen LogP contribution in [0.4, 0.5) is 5.82 Å². The summed E-state index contributed by atoms with van der Waals surface area (Å²) in [7, 11) is 0. The second kappa shape index (κ2) is 7.64. The van der Waals surface area contributed by atoms with Gasteiger partial charge in [0.15, 0.2) is 0 Å². The predicted molar refractivity (Wildman–Crippen MR) is 76.3 cm³/mol. The van der Waals surface area contributed by atoms with Crippen LogP contribution in [0.3, 0.4) is 0 Å². The lowest BCUT2D eigenvalue weighted by Gasteiger charge is -2.08. The Balaban J connectivity index is 2.33. The lowest BCUT2D eigenvalue weighted by Crippen LogP contribution is -2.06. The molecule has 1 aromatic rings. The number of hydrogen-bond donors (Lipinski definition) is 1. The zero-order valence-corrected chi connectivity index (χ0v) is 12.5. The summed E-state index contributed by atoms with van der Waals surface area (Å²) in [5, 5.41) is 3.35. The van der Waals surface area contributed by atoms with Crippen LogP contribution in [-0.2, 0) is 6.42 Å². The number of anilines is 1. The molecule has 0 aromatic carbocycles. The third kappa shape index (κ3) is 6.01.